The summed E-state index contributed by atoms with van der Waals surface area (Å²) < 4.78 is 0. The predicted octanol–water partition coefficient (Wildman–Crippen LogP) is 0.647. The van der Waals surface area contributed by atoms with Crippen molar-refractivity contribution in [1.82, 2.24) is 0 Å². The Bertz CT molecular complexity index is 73.6. The molecule has 0 saturated carbocycles. The van der Waals surface area contributed by atoms with Crippen LogP contribution >= 0.6 is 0 Å². The molecule has 0 fully saturated rings. The molecule has 2 nitrogen and oxygen atoms in total. The number of hydrogen-bond acceptors (Lipinski definition) is 1. The van der Waals surface area contributed by atoms with Crippen LogP contribution in [0.25, 0.3) is 0 Å². The molecule has 0 aromatic rings. The van der Waals surface area contributed by atoms with E-state index in [-0.39, 0.29) is 0 Å². The summed E-state index contributed by atoms with van der Waals surface area (Å²) in [5, 5.41) is 7.83. The van der Waals surface area contributed by atoms with E-state index in [0.717, 1.165) is 6.08 Å². The van der Waals surface area contributed by atoms with Gasteiger partial charge >= 0.3 is 5.97 Å². The summed E-state index contributed by atoms with van der Waals surface area (Å²) >= 11 is 0. The molecule has 1 N–H and O–H groups in total. The first-order valence-electron chi connectivity index (χ1n) is 1.63. The van der Waals surface area contributed by atoms with Crippen LogP contribution in [0.15, 0.2) is 12.2 Å². The molecule has 0 aliphatic carbocycles. The Kier molecular flexibility index (Phi) is 2.13. The first kappa shape index (κ1) is 5.21. The van der Waals surface area contributed by atoms with Crippen molar-refractivity contribution in [3.63, 3.8) is 0 Å². The van der Waals surface area contributed by atoms with Gasteiger partial charge in [0.05, 0.1) is 0 Å². The minimum Gasteiger partial charge on any atom is -0.478 e. The van der Waals surface area contributed by atoms with Crippen molar-refractivity contribution in [3.8, 4) is 0 Å². The Balaban J connectivity index is 3.30. The minimum absolute atomic E-state index is 0.891. The van der Waals surface area contributed by atoms with Crippen molar-refractivity contribution in [3.05, 3.63) is 12.2 Å². The highest BCUT2D eigenvalue weighted by Crippen LogP contribution is 1.65. The van der Waals surface area contributed by atoms with E-state index in [2.05, 4.69) is 0 Å². The van der Waals surface area contributed by atoms with Crippen LogP contribution < -0.4 is 0 Å². The van der Waals surface area contributed by atoms with Crippen molar-refractivity contribution in [1.29, 1.82) is 0 Å². The number of allylic oxidation sites excluding steroid dienone is 1. The van der Waals surface area contributed by atoms with Crippen LogP contribution in [0.3, 0.4) is 0 Å². The van der Waals surface area contributed by atoms with E-state index in [4.69, 9.17) is 5.11 Å². The molecule has 0 unspecified atom stereocenters. The van der Waals surface area contributed by atoms with Crippen molar-refractivity contribution < 1.29 is 9.90 Å². The third-order valence-corrected chi connectivity index (χ3v) is 0.309. The van der Waals surface area contributed by atoms with Gasteiger partial charge in [0.2, 0.25) is 0 Å². The second-order valence-electron chi connectivity index (χ2n) is 0.838. The number of aliphatic carboxylic acids is 1. The van der Waals surface area contributed by atoms with Gasteiger partial charge in [-0.05, 0) is 6.92 Å². The number of carbonyl (C=O) groups is 1. The normalized spacial score (nSPS) is 9.50. The summed E-state index contributed by atoms with van der Waals surface area (Å²) in [5.41, 5.74) is 0. The lowest BCUT2D eigenvalue weighted by Crippen LogP contribution is -1.83. The molecule has 0 aromatic carbocycles. The third kappa shape index (κ3) is 3.21. The van der Waals surface area contributed by atoms with E-state index < -0.39 is 5.97 Å². The number of carboxylic acid groups (broad SMARTS) is 1. The molecule has 6 heavy (non-hydrogen) atoms. The zero-order valence-electron chi connectivity index (χ0n) is 3.51. The van der Waals surface area contributed by atoms with Gasteiger partial charge in [0.25, 0.3) is 0 Å². The molecule has 0 radical (unpaired) electrons. The first-order chi connectivity index (χ1) is 2.77. The monoisotopic (exact) mass is 87.0 g/mol. The van der Waals surface area contributed by atoms with Gasteiger partial charge in [0.15, 0.2) is 0 Å². The molecule has 0 atom stereocenters. The van der Waals surface area contributed by atoms with Crippen LogP contribution in [0, 0.1) is 0 Å². The van der Waals surface area contributed by atoms with Gasteiger partial charge in [-0.15, -0.1) is 0 Å². The second kappa shape index (κ2) is 2.45. The van der Waals surface area contributed by atoms with Crippen LogP contribution in [-0.4, -0.2) is 11.1 Å². The van der Waals surface area contributed by atoms with Crippen LogP contribution in [-0.2, 0) is 4.79 Å². The molecule has 0 aliphatic rings. The maximum absolute atomic E-state index is 9.51. The van der Waals surface area contributed by atoms with E-state index >= 15 is 0 Å². The molecular formula is C4H6O2. The number of carboxylic acids is 1. The molecular weight excluding hydrogens is 81.0 g/mol. The van der Waals surface area contributed by atoms with Crippen molar-refractivity contribution >= 4 is 5.97 Å². The summed E-state index contributed by atoms with van der Waals surface area (Å²) in [6.07, 6.45) is 2.56. The Morgan fingerprint density at radius 2 is 2.33 bits per heavy atom. The molecule has 0 amide bonds. The number of hydrogen-bond donors (Lipinski definition) is 1. The average molecular weight is 87.1 g/mol. The van der Waals surface area contributed by atoms with Gasteiger partial charge in [0, 0.05) is 6.08 Å². The smallest absolute Gasteiger partial charge is 0.327 e. The highest BCUT2D eigenvalue weighted by atomic mass is 16.5. The van der Waals surface area contributed by atoms with E-state index in [9.17, 15) is 4.79 Å². The lowest BCUT2D eigenvalue weighted by atomic mass is 10.7. The molecule has 0 heterocycles. The average Bonchev–Trinajstić information content (AvgIpc) is 1.35. The van der Waals surface area contributed by atoms with Crippen molar-refractivity contribution in [2.24, 2.45) is 0 Å². The van der Waals surface area contributed by atoms with Gasteiger partial charge in [-0.25, -0.2) is 4.79 Å². The second-order valence-corrected chi connectivity index (χ2v) is 0.838. The van der Waals surface area contributed by atoms with E-state index in [1.807, 2.05) is 0 Å². The Hall–Kier alpha value is -0.790. The van der Waals surface area contributed by atoms with E-state index in [1.165, 1.54) is 6.08 Å². The van der Waals surface area contributed by atoms with Crippen LogP contribution in [0.2, 0.25) is 0 Å². The largest absolute Gasteiger partial charge is 0.478 e. The van der Waals surface area contributed by atoms with E-state index in [1.54, 1.807) is 6.92 Å². The highest BCUT2D eigenvalue weighted by molar-refractivity contribution is 5.79. The van der Waals surface area contributed by atoms with Gasteiger partial charge in [-0.1, -0.05) is 6.08 Å². The van der Waals surface area contributed by atoms with Gasteiger partial charge in [-0.2, -0.15) is 0 Å². The minimum atomic E-state index is -0.891. The maximum Gasteiger partial charge on any atom is 0.327 e. The third-order valence-electron chi connectivity index (χ3n) is 0.309. The highest BCUT2D eigenvalue weighted by Gasteiger charge is 1.76. The lowest BCUT2D eigenvalue weighted by molar-refractivity contribution is -0.131. The quantitative estimate of drug-likeness (QED) is 0.376. The molecule has 0 aliphatic heterocycles. The fourth-order valence-corrected chi connectivity index (χ4v) is 0.143. The zero-order chi connectivity index (χ0) is 4.99. The summed E-state index contributed by atoms with van der Waals surface area (Å²) in [7, 11) is 0. The SMILES string of the molecule is C/C=C/[13C](=O)O. The summed E-state index contributed by atoms with van der Waals surface area (Å²) in [6.45, 7) is 1.66. The lowest BCUT2D eigenvalue weighted by Gasteiger charge is -1.68. The molecule has 0 rings (SSSR count). The fourth-order valence-electron chi connectivity index (χ4n) is 0.143. The standard InChI is InChI=1S/C4H6O2/c1-2-3-4(5)6/h2-3H,1H3,(H,5,6)/b3-2+/i4+1. The Morgan fingerprint density at radius 1 is 1.83 bits per heavy atom. The molecule has 0 aromatic heterocycles. The van der Waals surface area contributed by atoms with Gasteiger partial charge in [-0.3, -0.25) is 0 Å². The predicted molar refractivity (Wildman–Crippen MR) is 22.4 cm³/mol. The first-order valence-corrected chi connectivity index (χ1v) is 1.63. The van der Waals surface area contributed by atoms with Crippen LogP contribution in [0.1, 0.15) is 6.92 Å². The van der Waals surface area contributed by atoms with Crippen molar-refractivity contribution in [2.45, 2.75) is 6.92 Å². The molecule has 2 heteroatoms. The molecule has 0 bridgehead atoms. The topological polar surface area (TPSA) is 37.3 Å². The Morgan fingerprint density at radius 3 is 2.33 bits per heavy atom. The maximum atomic E-state index is 9.51. The summed E-state index contributed by atoms with van der Waals surface area (Å²) in [6, 6.07) is 0. The van der Waals surface area contributed by atoms with E-state index in [0.29, 0.717) is 0 Å². The van der Waals surface area contributed by atoms with Crippen LogP contribution in [0.4, 0.5) is 0 Å². The van der Waals surface area contributed by atoms with Gasteiger partial charge in [0.1, 0.15) is 0 Å². The molecule has 0 spiro atoms. The zero-order valence-corrected chi connectivity index (χ0v) is 3.51. The fraction of sp³-hybridized carbons (Fsp3) is 0.250. The van der Waals surface area contributed by atoms with Gasteiger partial charge < -0.3 is 5.11 Å². The number of rotatable bonds is 1. The molecule has 34 valence electrons. The summed E-state index contributed by atoms with van der Waals surface area (Å²) in [5.74, 6) is -0.891. The molecule has 0 saturated heterocycles. The van der Waals surface area contributed by atoms with Crippen LogP contribution in [0.5, 0.6) is 0 Å². The van der Waals surface area contributed by atoms with Crippen molar-refractivity contribution in [2.75, 3.05) is 0 Å². The summed E-state index contributed by atoms with van der Waals surface area (Å²) in [4.78, 5) is 9.51. The Labute approximate surface area is 36.1 Å².